The van der Waals surface area contributed by atoms with Crippen LogP contribution in [0, 0.1) is 5.92 Å². The zero-order valence-electron chi connectivity index (χ0n) is 9.83. The summed E-state index contributed by atoms with van der Waals surface area (Å²) in [5.74, 6) is 0.832. The molecule has 3 heteroatoms. The number of unbranched alkanes of at least 4 members (excludes halogenated alkanes) is 1. The molecule has 0 spiro atoms. The van der Waals surface area contributed by atoms with Crippen molar-refractivity contribution in [3.05, 3.63) is 0 Å². The Balaban J connectivity index is 2.03. The highest BCUT2D eigenvalue weighted by Gasteiger charge is 2.23. The fourth-order valence-electron chi connectivity index (χ4n) is 2.23. The van der Waals surface area contributed by atoms with Gasteiger partial charge in [-0.3, -0.25) is 4.79 Å². The van der Waals surface area contributed by atoms with Crippen LogP contribution in [0.1, 0.15) is 44.9 Å². The molecule has 1 aliphatic carbocycles. The van der Waals surface area contributed by atoms with E-state index >= 15 is 0 Å². The van der Waals surface area contributed by atoms with Crippen LogP contribution < -0.4 is 0 Å². The fourth-order valence-corrected chi connectivity index (χ4v) is 2.23. The zero-order valence-corrected chi connectivity index (χ0v) is 9.83. The normalized spacial score (nSPS) is 21.5. The monoisotopic (exact) mass is 214 g/mol. The Hall–Kier alpha value is -0.410. The lowest BCUT2D eigenvalue weighted by Crippen LogP contribution is -2.13. The molecule has 1 aliphatic rings. The van der Waals surface area contributed by atoms with E-state index in [1.807, 2.05) is 0 Å². The standard InChI is InChI=1S/C12H22O3/c1-14-12(15-2)9-4-3-6-10-7-5-8-11(10)13/h10,12H,3-9H2,1-2H3. The van der Waals surface area contributed by atoms with Crippen molar-refractivity contribution in [3.63, 3.8) is 0 Å². The second-order valence-electron chi connectivity index (χ2n) is 4.24. The summed E-state index contributed by atoms with van der Waals surface area (Å²) in [6, 6.07) is 0. The van der Waals surface area contributed by atoms with Crippen molar-refractivity contribution in [1.82, 2.24) is 0 Å². The van der Waals surface area contributed by atoms with Crippen LogP contribution in [0.4, 0.5) is 0 Å². The van der Waals surface area contributed by atoms with Gasteiger partial charge in [-0.05, 0) is 32.1 Å². The minimum absolute atomic E-state index is 0.0794. The highest BCUT2D eigenvalue weighted by atomic mass is 16.7. The van der Waals surface area contributed by atoms with Gasteiger partial charge in [0.15, 0.2) is 6.29 Å². The van der Waals surface area contributed by atoms with Gasteiger partial charge in [0.2, 0.25) is 0 Å². The third kappa shape index (κ3) is 4.31. The van der Waals surface area contributed by atoms with Crippen LogP contribution in [-0.4, -0.2) is 26.3 Å². The van der Waals surface area contributed by atoms with Crippen LogP contribution >= 0.6 is 0 Å². The number of carbonyl (C=O) groups excluding carboxylic acids is 1. The third-order valence-electron chi connectivity index (χ3n) is 3.20. The van der Waals surface area contributed by atoms with Crippen molar-refractivity contribution in [2.75, 3.05) is 14.2 Å². The van der Waals surface area contributed by atoms with E-state index in [1.54, 1.807) is 14.2 Å². The van der Waals surface area contributed by atoms with E-state index in [2.05, 4.69) is 0 Å². The van der Waals surface area contributed by atoms with Crippen molar-refractivity contribution in [1.29, 1.82) is 0 Å². The molecule has 0 amide bonds. The molecule has 0 radical (unpaired) electrons. The maximum atomic E-state index is 11.4. The van der Waals surface area contributed by atoms with Crippen LogP contribution in [0.15, 0.2) is 0 Å². The Morgan fingerprint density at radius 1 is 1.33 bits per heavy atom. The van der Waals surface area contributed by atoms with Crippen molar-refractivity contribution >= 4 is 5.78 Å². The minimum atomic E-state index is -0.0794. The molecule has 1 unspecified atom stereocenters. The average molecular weight is 214 g/mol. The van der Waals surface area contributed by atoms with Crippen LogP contribution in [0.5, 0.6) is 0 Å². The summed E-state index contributed by atoms with van der Waals surface area (Å²) in [7, 11) is 3.32. The number of hydrogen-bond acceptors (Lipinski definition) is 3. The van der Waals surface area contributed by atoms with Gasteiger partial charge in [-0.2, -0.15) is 0 Å². The number of ketones is 1. The SMILES string of the molecule is COC(CCCCC1CCCC1=O)OC. The molecule has 0 aliphatic heterocycles. The van der Waals surface area contributed by atoms with E-state index < -0.39 is 0 Å². The molecular formula is C12H22O3. The van der Waals surface area contributed by atoms with Crippen molar-refractivity contribution < 1.29 is 14.3 Å². The number of carbonyl (C=O) groups is 1. The Kier molecular flexibility index (Phi) is 5.88. The van der Waals surface area contributed by atoms with Crippen LogP contribution in [0.25, 0.3) is 0 Å². The molecule has 1 rings (SSSR count). The lowest BCUT2D eigenvalue weighted by atomic mass is 9.99. The molecule has 3 nitrogen and oxygen atoms in total. The summed E-state index contributed by atoms with van der Waals surface area (Å²) < 4.78 is 10.2. The van der Waals surface area contributed by atoms with Crippen LogP contribution in [-0.2, 0) is 14.3 Å². The van der Waals surface area contributed by atoms with E-state index in [0.29, 0.717) is 11.7 Å². The molecule has 1 saturated carbocycles. The molecule has 0 bridgehead atoms. The van der Waals surface area contributed by atoms with Crippen molar-refractivity contribution in [2.45, 2.75) is 51.2 Å². The fraction of sp³-hybridized carbons (Fsp3) is 0.917. The lowest BCUT2D eigenvalue weighted by molar-refractivity contribution is -0.120. The highest BCUT2D eigenvalue weighted by Crippen LogP contribution is 2.26. The van der Waals surface area contributed by atoms with Gasteiger partial charge in [0.1, 0.15) is 5.78 Å². The predicted octanol–water partition coefficient (Wildman–Crippen LogP) is 2.53. The maximum Gasteiger partial charge on any atom is 0.156 e. The van der Waals surface area contributed by atoms with Crippen molar-refractivity contribution in [3.8, 4) is 0 Å². The van der Waals surface area contributed by atoms with E-state index in [4.69, 9.17) is 9.47 Å². The second kappa shape index (κ2) is 6.96. The van der Waals surface area contributed by atoms with E-state index in [0.717, 1.165) is 44.9 Å². The molecule has 0 aromatic carbocycles. The summed E-state index contributed by atoms with van der Waals surface area (Å²) in [5, 5.41) is 0. The smallest absolute Gasteiger partial charge is 0.156 e. The molecule has 88 valence electrons. The van der Waals surface area contributed by atoms with Crippen LogP contribution in [0.2, 0.25) is 0 Å². The molecule has 0 N–H and O–H groups in total. The van der Waals surface area contributed by atoms with Gasteiger partial charge in [-0.1, -0.05) is 6.42 Å². The highest BCUT2D eigenvalue weighted by molar-refractivity contribution is 5.82. The number of methoxy groups -OCH3 is 2. The van der Waals surface area contributed by atoms with Gasteiger partial charge in [0, 0.05) is 26.6 Å². The number of ether oxygens (including phenoxy) is 2. The Bertz CT molecular complexity index is 187. The molecule has 0 aromatic heterocycles. The first-order chi connectivity index (χ1) is 7.27. The Morgan fingerprint density at radius 3 is 2.60 bits per heavy atom. The summed E-state index contributed by atoms with van der Waals surface area (Å²) in [4.78, 5) is 11.4. The second-order valence-corrected chi connectivity index (χ2v) is 4.24. The average Bonchev–Trinajstić information content (AvgIpc) is 2.65. The lowest BCUT2D eigenvalue weighted by Gasteiger charge is -2.13. The maximum absolute atomic E-state index is 11.4. The topological polar surface area (TPSA) is 35.5 Å². The van der Waals surface area contributed by atoms with Gasteiger partial charge in [0.25, 0.3) is 0 Å². The van der Waals surface area contributed by atoms with Crippen LogP contribution in [0.3, 0.4) is 0 Å². The minimum Gasteiger partial charge on any atom is -0.356 e. The molecule has 0 saturated heterocycles. The van der Waals surface area contributed by atoms with E-state index in [1.165, 1.54) is 0 Å². The first kappa shape index (κ1) is 12.7. The van der Waals surface area contributed by atoms with Gasteiger partial charge in [-0.25, -0.2) is 0 Å². The van der Waals surface area contributed by atoms with E-state index in [-0.39, 0.29) is 6.29 Å². The molecular weight excluding hydrogens is 192 g/mol. The van der Waals surface area contributed by atoms with Crippen molar-refractivity contribution in [2.24, 2.45) is 5.92 Å². The van der Waals surface area contributed by atoms with Gasteiger partial charge in [-0.15, -0.1) is 0 Å². The largest absolute Gasteiger partial charge is 0.356 e. The van der Waals surface area contributed by atoms with E-state index in [9.17, 15) is 4.79 Å². The Morgan fingerprint density at radius 2 is 2.07 bits per heavy atom. The number of rotatable bonds is 7. The van der Waals surface area contributed by atoms with Gasteiger partial charge >= 0.3 is 0 Å². The molecule has 0 heterocycles. The molecule has 0 aromatic rings. The summed E-state index contributed by atoms with van der Waals surface area (Å²) in [6.45, 7) is 0. The Labute approximate surface area is 92.1 Å². The summed E-state index contributed by atoms with van der Waals surface area (Å²) in [5.41, 5.74) is 0. The predicted molar refractivity (Wildman–Crippen MR) is 58.6 cm³/mol. The van der Waals surface area contributed by atoms with Gasteiger partial charge in [0.05, 0.1) is 0 Å². The molecule has 1 fully saturated rings. The first-order valence-electron chi connectivity index (χ1n) is 5.86. The molecule has 15 heavy (non-hydrogen) atoms. The summed E-state index contributed by atoms with van der Waals surface area (Å²) >= 11 is 0. The van der Waals surface area contributed by atoms with Gasteiger partial charge < -0.3 is 9.47 Å². The summed E-state index contributed by atoms with van der Waals surface area (Å²) in [6.07, 6.45) is 7.11. The first-order valence-corrected chi connectivity index (χ1v) is 5.86. The molecule has 1 atom stereocenters. The third-order valence-corrected chi connectivity index (χ3v) is 3.20. The zero-order chi connectivity index (χ0) is 11.1. The number of hydrogen-bond donors (Lipinski definition) is 0. The number of Topliss-reactive ketones (excluding diaryl/α,β-unsaturated/α-hetero) is 1. The quantitative estimate of drug-likeness (QED) is 0.482.